The Morgan fingerprint density at radius 2 is 2.00 bits per heavy atom. The van der Waals surface area contributed by atoms with Gasteiger partial charge in [-0.3, -0.25) is 14.2 Å². The number of thioether (sulfide) groups is 2. The van der Waals surface area contributed by atoms with E-state index in [0.29, 0.717) is 22.7 Å². The smallest absolute Gasteiger partial charge is 0.268 e. The fraction of sp³-hybridized carbons (Fsp3) is 0.476. The van der Waals surface area contributed by atoms with Gasteiger partial charge in [-0.05, 0) is 24.8 Å². The van der Waals surface area contributed by atoms with Crippen LogP contribution in [0.1, 0.15) is 31.0 Å². The van der Waals surface area contributed by atoms with Crippen molar-refractivity contribution in [1.29, 1.82) is 0 Å². The molecular weight excluding hydrogens is 390 g/mol. The minimum absolute atomic E-state index is 0.0476. The Morgan fingerprint density at radius 3 is 2.75 bits per heavy atom. The number of hydrogen-bond donors (Lipinski definition) is 0. The molecule has 2 aliphatic rings. The summed E-state index contributed by atoms with van der Waals surface area (Å²) in [5, 5.41) is 1.06. The highest BCUT2D eigenvalue weighted by atomic mass is 32.2. The van der Waals surface area contributed by atoms with E-state index in [-0.39, 0.29) is 11.5 Å². The van der Waals surface area contributed by atoms with E-state index in [1.54, 1.807) is 16.3 Å². The van der Waals surface area contributed by atoms with Crippen molar-refractivity contribution < 1.29 is 4.79 Å². The van der Waals surface area contributed by atoms with Crippen molar-refractivity contribution >= 4 is 29.4 Å². The van der Waals surface area contributed by atoms with E-state index < -0.39 is 0 Å². The molecule has 4 rings (SSSR count). The van der Waals surface area contributed by atoms with E-state index in [1.165, 1.54) is 17.3 Å². The Kier molecular flexibility index (Phi) is 6.11. The normalized spacial score (nSPS) is 18.5. The fourth-order valence-electron chi connectivity index (χ4n) is 3.71. The van der Waals surface area contributed by atoms with Crippen LogP contribution in [0.15, 0.2) is 45.2 Å². The summed E-state index contributed by atoms with van der Waals surface area (Å²) in [6.07, 6.45) is 3.77. The van der Waals surface area contributed by atoms with Gasteiger partial charge in [0.05, 0.1) is 16.3 Å². The number of benzene rings is 1. The van der Waals surface area contributed by atoms with E-state index in [0.717, 1.165) is 49.4 Å². The largest absolute Gasteiger partial charge is 0.342 e. The second-order valence-corrected chi connectivity index (χ2v) is 9.76. The third kappa shape index (κ3) is 4.30. The molecule has 1 aromatic carbocycles. The summed E-state index contributed by atoms with van der Waals surface area (Å²) in [6, 6.07) is 10.2. The summed E-state index contributed by atoms with van der Waals surface area (Å²) < 4.78 is 1.78. The van der Waals surface area contributed by atoms with Crippen LogP contribution in [-0.2, 0) is 24.2 Å². The lowest BCUT2D eigenvalue weighted by Crippen LogP contribution is -2.30. The van der Waals surface area contributed by atoms with Crippen LogP contribution in [0.3, 0.4) is 0 Å². The van der Waals surface area contributed by atoms with Gasteiger partial charge >= 0.3 is 0 Å². The maximum Gasteiger partial charge on any atom is 0.268 e. The number of rotatable bonds is 6. The van der Waals surface area contributed by atoms with Gasteiger partial charge in [-0.25, -0.2) is 4.98 Å². The summed E-state index contributed by atoms with van der Waals surface area (Å²) >= 11 is 3.04. The Morgan fingerprint density at radius 1 is 1.25 bits per heavy atom. The van der Waals surface area contributed by atoms with Gasteiger partial charge in [0.1, 0.15) is 0 Å². The molecule has 28 heavy (non-hydrogen) atoms. The first-order valence-corrected chi connectivity index (χ1v) is 11.7. The molecule has 3 heterocycles. The molecule has 148 valence electrons. The zero-order valence-corrected chi connectivity index (χ0v) is 17.7. The van der Waals surface area contributed by atoms with Crippen LogP contribution >= 0.6 is 23.5 Å². The molecule has 1 saturated heterocycles. The van der Waals surface area contributed by atoms with Gasteiger partial charge < -0.3 is 4.90 Å². The molecule has 0 radical (unpaired) electrons. The number of amides is 1. The van der Waals surface area contributed by atoms with Crippen molar-refractivity contribution in [2.75, 3.05) is 18.8 Å². The van der Waals surface area contributed by atoms with Crippen LogP contribution in [0.5, 0.6) is 0 Å². The molecule has 1 fully saturated rings. The quantitative estimate of drug-likeness (QED) is 0.536. The van der Waals surface area contributed by atoms with Gasteiger partial charge in [-0.15, -0.1) is 11.8 Å². The number of aromatic nitrogens is 2. The first kappa shape index (κ1) is 19.6. The molecule has 1 aromatic heterocycles. The molecule has 0 saturated carbocycles. The van der Waals surface area contributed by atoms with Crippen molar-refractivity contribution in [3.8, 4) is 0 Å². The molecule has 1 amide bonds. The number of aryl methyl sites for hydroxylation is 1. The van der Waals surface area contributed by atoms with Crippen LogP contribution in [0.2, 0.25) is 0 Å². The standard InChI is InChI=1S/C21H25N3O2S2/c1-15-13-17-19(28-15)20(26)24(12-9-16-7-3-2-4-8-16)21(22-17)27-14-18(25)23-10-5-6-11-23/h2-4,7-8,15H,5-6,9-14H2,1H3/t15-/m0/s1. The maximum absolute atomic E-state index is 13.1. The highest BCUT2D eigenvalue weighted by Gasteiger charge is 2.27. The predicted molar refractivity (Wildman–Crippen MR) is 114 cm³/mol. The number of carbonyl (C=O) groups is 1. The van der Waals surface area contributed by atoms with E-state index in [1.807, 2.05) is 23.1 Å². The van der Waals surface area contributed by atoms with Crippen LogP contribution in [0.4, 0.5) is 0 Å². The first-order chi connectivity index (χ1) is 13.6. The predicted octanol–water partition coefficient (Wildman–Crippen LogP) is 3.24. The molecule has 0 unspecified atom stereocenters. The number of hydrogen-bond acceptors (Lipinski definition) is 5. The molecule has 2 aromatic rings. The lowest BCUT2D eigenvalue weighted by atomic mass is 10.1. The summed E-state index contributed by atoms with van der Waals surface area (Å²) in [5.74, 6) is 0.494. The van der Waals surface area contributed by atoms with E-state index in [2.05, 4.69) is 19.1 Å². The molecule has 1 atom stereocenters. The molecule has 0 bridgehead atoms. The Bertz CT molecular complexity index is 908. The summed E-state index contributed by atoms with van der Waals surface area (Å²) in [6.45, 7) is 4.42. The Balaban J connectivity index is 1.56. The number of nitrogens with zero attached hydrogens (tertiary/aromatic N) is 3. The Hall–Kier alpha value is -1.73. The van der Waals surface area contributed by atoms with Crippen molar-refractivity contribution in [3.63, 3.8) is 0 Å². The van der Waals surface area contributed by atoms with E-state index >= 15 is 0 Å². The average molecular weight is 416 g/mol. The van der Waals surface area contributed by atoms with Crippen LogP contribution < -0.4 is 5.56 Å². The molecule has 5 nitrogen and oxygen atoms in total. The highest BCUT2D eigenvalue weighted by molar-refractivity contribution is 8.00. The molecule has 0 spiro atoms. The number of likely N-dealkylation sites (tertiary alicyclic amines) is 1. The fourth-order valence-corrected chi connectivity index (χ4v) is 5.77. The topological polar surface area (TPSA) is 55.2 Å². The maximum atomic E-state index is 13.1. The molecule has 7 heteroatoms. The highest BCUT2D eigenvalue weighted by Crippen LogP contribution is 2.34. The summed E-state index contributed by atoms with van der Waals surface area (Å²) in [4.78, 5) is 33.1. The van der Waals surface area contributed by atoms with Gasteiger partial charge in [0.15, 0.2) is 5.16 Å². The lowest BCUT2D eigenvalue weighted by Gasteiger charge is -2.16. The minimum Gasteiger partial charge on any atom is -0.342 e. The molecule has 0 N–H and O–H groups in total. The summed E-state index contributed by atoms with van der Waals surface area (Å²) in [7, 11) is 0. The van der Waals surface area contributed by atoms with Crippen LogP contribution in [0, 0.1) is 0 Å². The van der Waals surface area contributed by atoms with Gasteiger partial charge in [-0.1, -0.05) is 49.0 Å². The van der Waals surface area contributed by atoms with E-state index in [4.69, 9.17) is 4.98 Å². The van der Waals surface area contributed by atoms with Gasteiger partial charge in [0.2, 0.25) is 5.91 Å². The van der Waals surface area contributed by atoms with Crippen LogP contribution in [0.25, 0.3) is 0 Å². The number of fused-ring (bicyclic) bond motifs is 1. The zero-order valence-electron chi connectivity index (χ0n) is 16.1. The SMILES string of the molecule is C[C@H]1Cc2nc(SCC(=O)N3CCCC3)n(CCc3ccccc3)c(=O)c2S1. The summed E-state index contributed by atoms with van der Waals surface area (Å²) in [5.41, 5.74) is 2.14. The monoisotopic (exact) mass is 415 g/mol. The Labute approximate surface area is 173 Å². The van der Waals surface area contributed by atoms with Crippen molar-refractivity contribution in [2.45, 2.75) is 54.5 Å². The van der Waals surface area contributed by atoms with E-state index in [9.17, 15) is 9.59 Å². The van der Waals surface area contributed by atoms with Crippen molar-refractivity contribution in [2.24, 2.45) is 0 Å². The van der Waals surface area contributed by atoms with Gasteiger partial charge in [0, 0.05) is 31.3 Å². The third-order valence-corrected chi connectivity index (χ3v) is 7.39. The second-order valence-electron chi connectivity index (χ2n) is 7.37. The lowest BCUT2D eigenvalue weighted by molar-refractivity contribution is -0.127. The second kappa shape index (κ2) is 8.74. The average Bonchev–Trinajstić information content (AvgIpc) is 3.36. The molecule has 0 aliphatic carbocycles. The minimum atomic E-state index is 0.0476. The van der Waals surface area contributed by atoms with Crippen LogP contribution in [-0.4, -0.2) is 44.5 Å². The molecular formula is C21H25N3O2S2. The molecule has 2 aliphatic heterocycles. The van der Waals surface area contributed by atoms with Crippen molar-refractivity contribution in [1.82, 2.24) is 14.5 Å². The van der Waals surface area contributed by atoms with Gasteiger partial charge in [-0.2, -0.15) is 0 Å². The third-order valence-electron chi connectivity index (χ3n) is 5.21. The first-order valence-electron chi connectivity index (χ1n) is 9.86. The van der Waals surface area contributed by atoms with Crippen molar-refractivity contribution in [3.05, 3.63) is 51.9 Å². The zero-order chi connectivity index (χ0) is 19.5. The number of carbonyl (C=O) groups excluding carboxylic acids is 1. The van der Waals surface area contributed by atoms with Gasteiger partial charge in [0.25, 0.3) is 5.56 Å².